The summed E-state index contributed by atoms with van der Waals surface area (Å²) in [4.78, 5) is 14.0. The van der Waals surface area contributed by atoms with Crippen LogP contribution in [0.5, 0.6) is 5.88 Å². The highest BCUT2D eigenvalue weighted by Crippen LogP contribution is 2.34. The average molecular weight is 545 g/mol. The Kier molecular flexibility index (Phi) is 7.85. The molecule has 1 heterocycles. The van der Waals surface area contributed by atoms with Crippen molar-refractivity contribution in [2.24, 2.45) is 0 Å². The van der Waals surface area contributed by atoms with Crippen molar-refractivity contribution in [1.29, 1.82) is 0 Å². The van der Waals surface area contributed by atoms with Crippen molar-refractivity contribution < 1.29 is 25.8 Å². The quantitative estimate of drug-likeness (QED) is 0.288. The van der Waals surface area contributed by atoms with Crippen LogP contribution in [0.1, 0.15) is 66.0 Å². The maximum atomic E-state index is 13.9. The van der Waals surface area contributed by atoms with Crippen LogP contribution in [0.4, 0.5) is 0 Å². The summed E-state index contributed by atoms with van der Waals surface area (Å²) in [6.07, 6.45) is 1.13. The largest absolute Gasteiger partial charge is 0.358 e. The Balaban J connectivity index is 2.24. The smallest absolute Gasteiger partial charge is 0.340 e. The van der Waals surface area contributed by atoms with Crippen LogP contribution in [0.25, 0.3) is 5.57 Å². The minimum absolute atomic E-state index is 0.00791. The molecule has 0 spiro atoms. The first kappa shape index (κ1) is 28.3. The molecule has 0 unspecified atom stereocenters. The predicted molar refractivity (Wildman–Crippen MR) is 143 cm³/mol. The van der Waals surface area contributed by atoms with Gasteiger partial charge in [0.15, 0.2) is 9.84 Å². The number of ketones is 1. The highest BCUT2D eigenvalue weighted by Gasteiger charge is 2.31. The van der Waals surface area contributed by atoms with Crippen LogP contribution >= 0.6 is 0 Å². The van der Waals surface area contributed by atoms with Gasteiger partial charge in [0.2, 0.25) is 11.7 Å². The van der Waals surface area contributed by atoms with Crippen LogP contribution in [-0.4, -0.2) is 38.7 Å². The monoisotopic (exact) mass is 544 g/mol. The molecule has 3 rings (SSSR count). The van der Waals surface area contributed by atoms with Crippen molar-refractivity contribution in [3.63, 3.8) is 0 Å². The number of benzene rings is 2. The van der Waals surface area contributed by atoms with Gasteiger partial charge in [-0.1, -0.05) is 23.3 Å². The van der Waals surface area contributed by atoms with Gasteiger partial charge in [0, 0.05) is 18.4 Å². The fourth-order valence-electron chi connectivity index (χ4n) is 4.07. The normalized spacial score (nSPS) is 11.9. The molecule has 0 saturated heterocycles. The maximum absolute atomic E-state index is 13.9. The third kappa shape index (κ3) is 5.55. The molecule has 10 heteroatoms. The van der Waals surface area contributed by atoms with E-state index in [2.05, 4.69) is 5.10 Å². The zero-order chi connectivity index (χ0) is 27.9. The molecular formula is C27H32N2O6S2. The number of aromatic nitrogens is 2. The van der Waals surface area contributed by atoms with Gasteiger partial charge in [0.1, 0.15) is 10.5 Å². The van der Waals surface area contributed by atoms with E-state index in [1.54, 1.807) is 32.9 Å². The third-order valence-electron chi connectivity index (χ3n) is 6.30. The number of carbonyl (C=O) groups is 1. The Hall–Kier alpha value is -3.24. The molecule has 37 heavy (non-hydrogen) atoms. The summed E-state index contributed by atoms with van der Waals surface area (Å²) in [5, 5.41) is 4.34. The van der Waals surface area contributed by atoms with Gasteiger partial charge in [-0.25, -0.2) is 13.1 Å². The van der Waals surface area contributed by atoms with Crippen LogP contribution in [0.2, 0.25) is 0 Å². The number of allylic oxidation sites excluding steroid dienone is 2. The fourth-order valence-corrected chi connectivity index (χ4v) is 6.01. The first-order valence-electron chi connectivity index (χ1n) is 11.7. The minimum Gasteiger partial charge on any atom is -0.358 e. The van der Waals surface area contributed by atoms with Gasteiger partial charge in [-0.05, 0) is 89.4 Å². The fraction of sp³-hybridized carbons (Fsp3) is 0.333. The summed E-state index contributed by atoms with van der Waals surface area (Å²) >= 11 is 0. The Morgan fingerprint density at radius 3 is 2.03 bits per heavy atom. The number of carbonyl (C=O) groups excluding carboxylic acids is 1. The zero-order valence-electron chi connectivity index (χ0n) is 22.3. The molecule has 0 aliphatic carbocycles. The van der Waals surface area contributed by atoms with E-state index in [0.717, 1.165) is 23.0 Å². The summed E-state index contributed by atoms with van der Waals surface area (Å²) in [7, 11) is -7.84. The molecule has 0 atom stereocenters. The molecule has 2 aromatic carbocycles. The van der Waals surface area contributed by atoms with Gasteiger partial charge >= 0.3 is 10.1 Å². The van der Waals surface area contributed by atoms with Crippen molar-refractivity contribution in [3.05, 3.63) is 75.5 Å². The summed E-state index contributed by atoms with van der Waals surface area (Å²) in [6.45, 7) is 12.7. The van der Waals surface area contributed by atoms with Crippen LogP contribution in [0.3, 0.4) is 0 Å². The lowest BCUT2D eigenvalue weighted by Crippen LogP contribution is -2.16. The summed E-state index contributed by atoms with van der Waals surface area (Å²) in [5.41, 5.74) is 4.01. The molecule has 198 valence electrons. The second-order valence-corrected chi connectivity index (χ2v) is 12.8. The molecule has 8 nitrogen and oxygen atoms in total. The summed E-state index contributed by atoms with van der Waals surface area (Å²) < 4.78 is 58.1. The molecule has 0 radical (unpaired) electrons. The van der Waals surface area contributed by atoms with E-state index in [-0.39, 0.29) is 33.3 Å². The maximum Gasteiger partial charge on any atom is 0.340 e. The number of rotatable bonds is 8. The van der Waals surface area contributed by atoms with Gasteiger partial charge in [-0.3, -0.25) is 4.79 Å². The average Bonchev–Trinajstić information content (AvgIpc) is 3.11. The van der Waals surface area contributed by atoms with Crippen LogP contribution in [0, 0.1) is 20.8 Å². The minimum atomic E-state index is -4.26. The second kappa shape index (κ2) is 10.3. The Morgan fingerprint density at radius 2 is 1.51 bits per heavy atom. The molecule has 0 amide bonds. The van der Waals surface area contributed by atoms with Crippen molar-refractivity contribution in [3.8, 4) is 5.88 Å². The number of sulfone groups is 1. The van der Waals surface area contributed by atoms with E-state index in [4.69, 9.17) is 4.18 Å². The van der Waals surface area contributed by atoms with E-state index in [0.29, 0.717) is 16.8 Å². The number of hydrogen-bond donors (Lipinski definition) is 0. The Morgan fingerprint density at radius 1 is 0.919 bits per heavy atom. The molecule has 0 fully saturated rings. The molecule has 1 aromatic heterocycles. The van der Waals surface area contributed by atoms with Crippen LogP contribution in [-0.2, 0) is 26.5 Å². The molecule has 0 bridgehead atoms. The third-order valence-corrected chi connectivity index (χ3v) is 8.67. The summed E-state index contributed by atoms with van der Waals surface area (Å²) in [5.74, 6) is -0.690. The molecule has 0 N–H and O–H groups in total. The first-order chi connectivity index (χ1) is 17.1. The Labute approximate surface area is 219 Å². The van der Waals surface area contributed by atoms with Gasteiger partial charge in [-0.2, -0.15) is 13.5 Å². The lowest BCUT2D eigenvalue weighted by Gasteiger charge is -2.17. The van der Waals surface area contributed by atoms with Crippen LogP contribution < -0.4 is 4.18 Å². The molecule has 0 aliphatic heterocycles. The van der Waals surface area contributed by atoms with Crippen molar-refractivity contribution in [2.75, 3.05) is 6.26 Å². The van der Waals surface area contributed by atoms with E-state index in [9.17, 15) is 21.6 Å². The predicted octanol–water partition coefficient (Wildman–Crippen LogP) is 5.04. The van der Waals surface area contributed by atoms with Crippen molar-refractivity contribution in [1.82, 2.24) is 9.78 Å². The SMILES string of the molecule is CCn1nc(C)c(C(=O)c2ccc(S(C)(=O)=O)c(C(C)=C(C)C)c2C)c1OS(=O)(=O)c1ccc(C)cc1. The van der Waals surface area contributed by atoms with Gasteiger partial charge in [0.25, 0.3) is 0 Å². The van der Waals surface area contributed by atoms with E-state index < -0.39 is 25.7 Å². The molecule has 0 saturated carbocycles. The number of aryl methyl sites for hydroxylation is 3. The highest BCUT2D eigenvalue weighted by molar-refractivity contribution is 7.90. The lowest BCUT2D eigenvalue weighted by atomic mass is 9.91. The Bertz CT molecular complexity index is 1620. The number of nitrogens with zero attached hydrogens (tertiary/aromatic N) is 2. The standard InChI is InChI=1S/C27H32N2O6S2/c1-9-29-27(35-37(33,34)21-12-10-17(4)11-13-21)25(20(7)28-29)26(30)22-14-15-23(36(8,31)32)24(19(22)6)18(5)16(2)3/h10-15H,9H2,1-8H3. The van der Waals surface area contributed by atoms with E-state index in [1.807, 2.05) is 27.7 Å². The van der Waals surface area contributed by atoms with Gasteiger partial charge < -0.3 is 4.18 Å². The summed E-state index contributed by atoms with van der Waals surface area (Å²) in [6, 6.07) is 9.06. The van der Waals surface area contributed by atoms with Crippen molar-refractivity contribution in [2.45, 2.75) is 64.8 Å². The van der Waals surface area contributed by atoms with Gasteiger partial charge in [0.05, 0.1) is 10.6 Å². The highest BCUT2D eigenvalue weighted by atomic mass is 32.2. The van der Waals surface area contributed by atoms with E-state index >= 15 is 0 Å². The molecular weight excluding hydrogens is 512 g/mol. The van der Waals surface area contributed by atoms with Gasteiger partial charge in [-0.15, -0.1) is 0 Å². The lowest BCUT2D eigenvalue weighted by molar-refractivity contribution is 0.103. The second-order valence-electron chi connectivity index (χ2n) is 9.27. The first-order valence-corrected chi connectivity index (χ1v) is 15.0. The van der Waals surface area contributed by atoms with Crippen molar-refractivity contribution >= 4 is 31.3 Å². The molecule has 0 aliphatic rings. The topological polar surface area (TPSA) is 112 Å². The number of hydrogen-bond acceptors (Lipinski definition) is 7. The zero-order valence-corrected chi connectivity index (χ0v) is 24.0. The van der Waals surface area contributed by atoms with E-state index in [1.165, 1.54) is 28.9 Å². The van der Waals surface area contributed by atoms with Crippen LogP contribution in [0.15, 0.2) is 51.8 Å². The molecule has 3 aromatic rings.